The fourth-order valence-corrected chi connectivity index (χ4v) is 3.31. The topological polar surface area (TPSA) is 80.6 Å². The van der Waals surface area contributed by atoms with E-state index in [1.54, 1.807) is 39.2 Å². The van der Waals surface area contributed by atoms with Crippen LogP contribution in [-0.2, 0) is 11.3 Å². The van der Waals surface area contributed by atoms with E-state index in [1.807, 2.05) is 11.0 Å². The molecule has 8 nitrogen and oxygen atoms in total. The number of anilines is 1. The highest BCUT2D eigenvalue weighted by Crippen LogP contribution is 2.26. The smallest absolute Gasteiger partial charge is 0.417 e. The molecule has 1 saturated heterocycles. The van der Waals surface area contributed by atoms with Gasteiger partial charge in [0.05, 0.1) is 29.7 Å². The van der Waals surface area contributed by atoms with Crippen LogP contribution in [0.2, 0.25) is 0 Å². The molecule has 2 aromatic heterocycles. The number of rotatable bonds is 2. The van der Waals surface area contributed by atoms with Gasteiger partial charge in [-0.15, -0.1) is 0 Å². The zero-order valence-electron chi connectivity index (χ0n) is 16.1. The Hall–Kier alpha value is -2.97. The molecule has 0 aliphatic carbocycles. The van der Waals surface area contributed by atoms with Crippen molar-refractivity contribution in [3.05, 3.63) is 35.8 Å². The Morgan fingerprint density at radius 3 is 2.68 bits per heavy atom. The molecule has 0 spiro atoms. The molecule has 2 aliphatic heterocycles. The van der Waals surface area contributed by atoms with Gasteiger partial charge in [0.15, 0.2) is 5.82 Å². The van der Waals surface area contributed by atoms with Gasteiger partial charge in [0.1, 0.15) is 11.8 Å². The van der Waals surface area contributed by atoms with E-state index in [0.717, 1.165) is 10.6 Å². The van der Waals surface area contributed by atoms with Crippen LogP contribution in [0, 0.1) is 0 Å². The van der Waals surface area contributed by atoms with Crippen LogP contribution in [-0.4, -0.2) is 56.5 Å². The highest BCUT2D eigenvalue weighted by molar-refractivity contribution is 6.06. The SMILES string of the molecule is CC(C)(C)OC(=O)N1Cc2nn(-c3ccc(N4CC[C@@H](F)C4)cn3)cc2C1=O. The quantitative estimate of drug-likeness (QED) is 0.788. The van der Waals surface area contributed by atoms with Crippen LogP contribution in [0.5, 0.6) is 0 Å². The van der Waals surface area contributed by atoms with Gasteiger partial charge >= 0.3 is 6.09 Å². The van der Waals surface area contributed by atoms with Crippen molar-refractivity contribution in [2.75, 3.05) is 18.0 Å². The molecule has 0 bridgehead atoms. The fraction of sp³-hybridized carbons (Fsp3) is 0.474. The summed E-state index contributed by atoms with van der Waals surface area (Å²) in [5, 5.41) is 4.39. The molecule has 4 rings (SSSR count). The molecule has 0 aromatic carbocycles. The second kappa shape index (κ2) is 6.57. The minimum absolute atomic E-state index is 0.0693. The molecule has 9 heteroatoms. The lowest BCUT2D eigenvalue weighted by Gasteiger charge is -2.23. The molecule has 2 aromatic rings. The van der Waals surface area contributed by atoms with Crippen LogP contribution in [0.4, 0.5) is 14.9 Å². The third-order valence-electron chi connectivity index (χ3n) is 4.65. The van der Waals surface area contributed by atoms with E-state index in [1.165, 1.54) is 4.68 Å². The number of pyridine rings is 1. The van der Waals surface area contributed by atoms with Crippen molar-refractivity contribution >= 4 is 17.7 Å². The number of halogens is 1. The van der Waals surface area contributed by atoms with Crippen LogP contribution in [0.1, 0.15) is 43.2 Å². The van der Waals surface area contributed by atoms with Gasteiger partial charge in [-0.1, -0.05) is 0 Å². The molecule has 2 amide bonds. The van der Waals surface area contributed by atoms with E-state index in [4.69, 9.17) is 4.74 Å². The molecule has 1 fully saturated rings. The average Bonchev–Trinajstić information content (AvgIpc) is 3.30. The second-order valence-electron chi connectivity index (χ2n) is 8.01. The summed E-state index contributed by atoms with van der Waals surface area (Å²) in [6.07, 6.45) is 2.30. The van der Waals surface area contributed by atoms with Crippen molar-refractivity contribution in [3.8, 4) is 5.82 Å². The van der Waals surface area contributed by atoms with Crippen molar-refractivity contribution in [1.29, 1.82) is 0 Å². The first-order valence-electron chi connectivity index (χ1n) is 9.20. The Bertz CT molecular complexity index is 919. The first kappa shape index (κ1) is 18.4. The van der Waals surface area contributed by atoms with Crippen molar-refractivity contribution in [2.45, 2.75) is 45.5 Å². The Labute approximate surface area is 161 Å². The number of carbonyl (C=O) groups is 2. The summed E-state index contributed by atoms with van der Waals surface area (Å²) < 4.78 is 20.1. The summed E-state index contributed by atoms with van der Waals surface area (Å²) in [6, 6.07) is 3.64. The Kier molecular flexibility index (Phi) is 4.32. The normalized spacial score (nSPS) is 19.3. The number of amides is 2. The maximum atomic E-state index is 13.4. The maximum absolute atomic E-state index is 13.4. The van der Waals surface area contributed by atoms with Crippen LogP contribution >= 0.6 is 0 Å². The monoisotopic (exact) mass is 387 g/mol. The molecule has 0 unspecified atom stereocenters. The minimum atomic E-state index is -0.798. The number of ether oxygens (including phenoxy) is 1. The summed E-state index contributed by atoms with van der Waals surface area (Å²) in [6.45, 7) is 6.36. The summed E-state index contributed by atoms with van der Waals surface area (Å²) in [7, 11) is 0. The predicted molar refractivity (Wildman–Crippen MR) is 99.2 cm³/mol. The Morgan fingerprint density at radius 1 is 1.32 bits per heavy atom. The Balaban J connectivity index is 1.49. The van der Waals surface area contributed by atoms with Crippen molar-refractivity contribution < 1.29 is 18.7 Å². The van der Waals surface area contributed by atoms with Crippen molar-refractivity contribution in [1.82, 2.24) is 19.7 Å². The number of alkyl halides is 1. The van der Waals surface area contributed by atoms with Crippen molar-refractivity contribution in [2.24, 2.45) is 0 Å². The lowest BCUT2D eigenvalue weighted by Crippen LogP contribution is -2.37. The highest BCUT2D eigenvalue weighted by Gasteiger charge is 2.37. The van der Waals surface area contributed by atoms with E-state index < -0.39 is 23.8 Å². The molecule has 0 radical (unpaired) electrons. The molecule has 1 atom stereocenters. The number of hydrogen-bond acceptors (Lipinski definition) is 6. The molecule has 2 aliphatic rings. The number of hydrogen-bond donors (Lipinski definition) is 0. The standard InChI is InChI=1S/C19H22FN5O3/c1-19(2,3)28-18(27)24-11-15-14(17(24)26)10-25(22-15)16-5-4-13(8-21-16)23-7-6-12(20)9-23/h4-5,8,10,12H,6-7,9,11H2,1-3H3/t12-/m1/s1. The number of imide groups is 1. The van der Waals surface area contributed by atoms with Crippen LogP contribution in [0.3, 0.4) is 0 Å². The third-order valence-corrected chi connectivity index (χ3v) is 4.65. The zero-order chi connectivity index (χ0) is 20.1. The van der Waals surface area contributed by atoms with Gasteiger partial charge in [-0.2, -0.15) is 5.10 Å². The third kappa shape index (κ3) is 3.44. The lowest BCUT2D eigenvalue weighted by molar-refractivity contribution is 0.0246. The molecular weight excluding hydrogens is 365 g/mol. The molecule has 0 saturated carbocycles. The molecule has 0 N–H and O–H groups in total. The number of carbonyl (C=O) groups excluding carboxylic acids is 2. The summed E-state index contributed by atoms with van der Waals surface area (Å²) in [5.41, 5.74) is 1.04. The number of nitrogens with zero attached hydrogens (tertiary/aromatic N) is 5. The summed E-state index contributed by atoms with van der Waals surface area (Å²) in [4.78, 5) is 32.1. The molecule has 148 valence electrons. The van der Waals surface area contributed by atoms with Gasteiger partial charge in [-0.05, 0) is 39.3 Å². The van der Waals surface area contributed by atoms with Crippen molar-refractivity contribution in [3.63, 3.8) is 0 Å². The zero-order valence-corrected chi connectivity index (χ0v) is 16.1. The first-order chi connectivity index (χ1) is 13.2. The maximum Gasteiger partial charge on any atom is 0.417 e. The minimum Gasteiger partial charge on any atom is -0.443 e. The van der Waals surface area contributed by atoms with Crippen LogP contribution < -0.4 is 4.90 Å². The van der Waals surface area contributed by atoms with Gasteiger partial charge < -0.3 is 9.64 Å². The molecular formula is C19H22FN5O3. The number of aromatic nitrogens is 3. The van der Waals surface area contributed by atoms with Gasteiger partial charge in [-0.3, -0.25) is 4.79 Å². The van der Waals surface area contributed by atoms with E-state index in [-0.39, 0.29) is 6.54 Å². The van der Waals surface area contributed by atoms with Gasteiger partial charge in [0.25, 0.3) is 5.91 Å². The van der Waals surface area contributed by atoms with Crippen LogP contribution in [0.25, 0.3) is 5.82 Å². The van der Waals surface area contributed by atoms with Gasteiger partial charge in [0, 0.05) is 19.3 Å². The van der Waals surface area contributed by atoms with E-state index in [9.17, 15) is 14.0 Å². The summed E-state index contributed by atoms with van der Waals surface area (Å²) in [5.74, 6) is 0.115. The summed E-state index contributed by atoms with van der Waals surface area (Å²) >= 11 is 0. The van der Waals surface area contributed by atoms with Gasteiger partial charge in [0.2, 0.25) is 0 Å². The molecule has 28 heavy (non-hydrogen) atoms. The lowest BCUT2D eigenvalue weighted by atomic mass is 10.2. The molecule has 4 heterocycles. The van der Waals surface area contributed by atoms with E-state index >= 15 is 0 Å². The van der Waals surface area contributed by atoms with E-state index in [2.05, 4.69) is 10.1 Å². The highest BCUT2D eigenvalue weighted by atomic mass is 19.1. The van der Waals surface area contributed by atoms with Gasteiger partial charge in [-0.25, -0.2) is 23.8 Å². The van der Waals surface area contributed by atoms with E-state index in [0.29, 0.717) is 36.6 Å². The first-order valence-corrected chi connectivity index (χ1v) is 9.20. The average molecular weight is 387 g/mol. The van der Waals surface area contributed by atoms with Crippen LogP contribution in [0.15, 0.2) is 24.5 Å². The second-order valence-corrected chi connectivity index (χ2v) is 8.01. The fourth-order valence-electron chi connectivity index (χ4n) is 3.31. The predicted octanol–water partition coefficient (Wildman–Crippen LogP) is 2.71. The Morgan fingerprint density at radius 2 is 2.11 bits per heavy atom. The number of fused-ring (bicyclic) bond motifs is 1. The largest absolute Gasteiger partial charge is 0.443 e.